The standard InChI is InChI=1S/C26H26ClF2N3O2/c27-20-7-5-18(6-8-20)25(23-10-9-21(28)17-30-23)31-26(33)19-11-13-32(14-12-19)15-16-34-24-4-2-1-3-22(24)29/h1-10,17,19,25H,11-16H2,(H,31,33). The number of carbonyl (C=O) groups is 1. The van der Waals surface area contributed by atoms with E-state index in [9.17, 15) is 13.6 Å². The lowest BCUT2D eigenvalue weighted by molar-refractivity contribution is -0.127. The number of hydrogen-bond acceptors (Lipinski definition) is 4. The zero-order valence-corrected chi connectivity index (χ0v) is 19.3. The fourth-order valence-electron chi connectivity index (χ4n) is 4.07. The molecule has 1 atom stereocenters. The molecule has 2 aromatic carbocycles. The fraction of sp³-hybridized carbons (Fsp3) is 0.308. The second-order valence-electron chi connectivity index (χ2n) is 8.29. The van der Waals surface area contributed by atoms with Gasteiger partial charge in [0.05, 0.1) is 17.9 Å². The van der Waals surface area contributed by atoms with E-state index in [2.05, 4.69) is 15.2 Å². The molecular formula is C26H26ClF2N3O2. The Morgan fingerprint density at radius 1 is 1.09 bits per heavy atom. The van der Waals surface area contributed by atoms with Crippen LogP contribution in [0, 0.1) is 17.6 Å². The van der Waals surface area contributed by atoms with Crippen molar-refractivity contribution < 1.29 is 18.3 Å². The summed E-state index contributed by atoms with van der Waals surface area (Å²) in [4.78, 5) is 19.5. The van der Waals surface area contributed by atoms with E-state index in [1.807, 2.05) is 12.1 Å². The van der Waals surface area contributed by atoms with Gasteiger partial charge in [0.25, 0.3) is 0 Å². The molecule has 0 bridgehead atoms. The molecule has 0 aliphatic carbocycles. The quantitative estimate of drug-likeness (QED) is 0.487. The number of halogens is 3. The zero-order valence-electron chi connectivity index (χ0n) is 18.6. The third kappa shape index (κ3) is 6.30. The molecule has 1 unspecified atom stereocenters. The number of amides is 1. The van der Waals surface area contributed by atoms with Gasteiger partial charge in [-0.1, -0.05) is 35.9 Å². The summed E-state index contributed by atoms with van der Waals surface area (Å²) >= 11 is 6.02. The molecule has 5 nitrogen and oxygen atoms in total. The summed E-state index contributed by atoms with van der Waals surface area (Å²) in [6.07, 6.45) is 2.55. The Labute approximate surface area is 202 Å². The molecule has 2 heterocycles. The first kappa shape index (κ1) is 24.1. The van der Waals surface area contributed by atoms with Crippen molar-refractivity contribution >= 4 is 17.5 Å². The number of aromatic nitrogens is 1. The SMILES string of the molecule is O=C(NC(c1ccc(Cl)cc1)c1ccc(F)cn1)C1CCN(CCOc2ccccc2F)CC1. The first-order chi connectivity index (χ1) is 16.5. The van der Waals surface area contributed by atoms with Gasteiger partial charge < -0.3 is 10.1 Å². The van der Waals surface area contributed by atoms with Crippen molar-refractivity contribution in [2.24, 2.45) is 5.92 Å². The van der Waals surface area contributed by atoms with Gasteiger partial charge in [0.1, 0.15) is 12.4 Å². The molecule has 1 saturated heterocycles. The van der Waals surface area contributed by atoms with Crippen molar-refractivity contribution in [1.82, 2.24) is 15.2 Å². The molecule has 1 fully saturated rings. The number of piperidine rings is 1. The fourth-order valence-corrected chi connectivity index (χ4v) is 4.19. The molecule has 1 amide bonds. The molecule has 1 aliphatic heterocycles. The third-order valence-corrected chi connectivity index (χ3v) is 6.25. The number of nitrogens with zero attached hydrogens (tertiary/aromatic N) is 2. The van der Waals surface area contributed by atoms with E-state index in [0.29, 0.717) is 36.7 Å². The van der Waals surface area contributed by atoms with Crippen molar-refractivity contribution in [1.29, 1.82) is 0 Å². The Morgan fingerprint density at radius 2 is 1.82 bits per heavy atom. The van der Waals surface area contributed by atoms with Crippen LogP contribution < -0.4 is 10.1 Å². The summed E-state index contributed by atoms with van der Waals surface area (Å²) < 4.78 is 32.6. The van der Waals surface area contributed by atoms with Gasteiger partial charge in [-0.25, -0.2) is 8.78 Å². The highest BCUT2D eigenvalue weighted by molar-refractivity contribution is 6.30. The minimum Gasteiger partial charge on any atom is -0.489 e. The maximum absolute atomic E-state index is 13.7. The molecule has 34 heavy (non-hydrogen) atoms. The Bertz CT molecular complexity index is 1040. The topological polar surface area (TPSA) is 54.5 Å². The Kier molecular flexibility index (Phi) is 8.08. The van der Waals surface area contributed by atoms with E-state index in [1.165, 1.54) is 12.1 Å². The molecular weight excluding hydrogens is 460 g/mol. The van der Waals surface area contributed by atoms with Crippen LogP contribution in [-0.2, 0) is 4.79 Å². The Morgan fingerprint density at radius 3 is 2.50 bits per heavy atom. The first-order valence-electron chi connectivity index (χ1n) is 11.3. The largest absolute Gasteiger partial charge is 0.489 e. The lowest BCUT2D eigenvalue weighted by atomic mass is 9.94. The van der Waals surface area contributed by atoms with Crippen LogP contribution in [0.2, 0.25) is 5.02 Å². The van der Waals surface area contributed by atoms with Crippen LogP contribution in [0.25, 0.3) is 0 Å². The molecule has 4 rings (SSSR count). The third-order valence-electron chi connectivity index (χ3n) is 6.00. The average molecular weight is 486 g/mol. The summed E-state index contributed by atoms with van der Waals surface area (Å²) in [5.74, 6) is -0.758. The monoisotopic (exact) mass is 485 g/mol. The number of carbonyl (C=O) groups excluding carboxylic acids is 1. The number of para-hydroxylation sites is 1. The number of pyridine rings is 1. The molecule has 3 aromatic rings. The molecule has 0 saturated carbocycles. The predicted molar refractivity (Wildman–Crippen MR) is 127 cm³/mol. The van der Waals surface area contributed by atoms with Crippen molar-refractivity contribution in [2.75, 3.05) is 26.2 Å². The van der Waals surface area contributed by atoms with Gasteiger partial charge in [-0.3, -0.25) is 14.7 Å². The molecule has 1 aromatic heterocycles. The number of ether oxygens (including phenoxy) is 1. The molecule has 1 N–H and O–H groups in total. The summed E-state index contributed by atoms with van der Waals surface area (Å²) in [6, 6.07) is 15.9. The Balaban J connectivity index is 1.32. The van der Waals surface area contributed by atoms with Gasteiger partial charge in [-0.15, -0.1) is 0 Å². The van der Waals surface area contributed by atoms with Crippen molar-refractivity contribution in [2.45, 2.75) is 18.9 Å². The van der Waals surface area contributed by atoms with E-state index in [1.54, 1.807) is 36.4 Å². The molecule has 178 valence electrons. The van der Waals surface area contributed by atoms with Gasteiger partial charge >= 0.3 is 0 Å². The summed E-state index contributed by atoms with van der Waals surface area (Å²) in [6.45, 7) is 2.54. The highest BCUT2D eigenvalue weighted by Crippen LogP contribution is 2.25. The summed E-state index contributed by atoms with van der Waals surface area (Å²) in [5.41, 5.74) is 1.37. The van der Waals surface area contributed by atoms with E-state index in [0.717, 1.165) is 24.8 Å². The zero-order chi connectivity index (χ0) is 23.9. The van der Waals surface area contributed by atoms with Crippen LogP contribution in [0.5, 0.6) is 5.75 Å². The van der Waals surface area contributed by atoms with E-state index >= 15 is 0 Å². The van der Waals surface area contributed by atoms with E-state index in [-0.39, 0.29) is 23.4 Å². The van der Waals surface area contributed by atoms with Crippen LogP contribution in [0.3, 0.4) is 0 Å². The highest BCUT2D eigenvalue weighted by atomic mass is 35.5. The maximum Gasteiger partial charge on any atom is 0.224 e. The van der Waals surface area contributed by atoms with Gasteiger partial charge in [-0.2, -0.15) is 0 Å². The number of benzene rings is 2. The van der Waals surface area contributed by atoms with Gasteiger partial charge in [-0.05, 0) is 67.9 Å². The smallest absolute Gasteiger partial charge is 0.224 e. The lowest BCUT2D eigenvalue weighted by Gasteiger charge is -2.32. The van der Waals surface area contributed by atoms with Gasteiger partial charge in [0.2, 0.25) is 5.91 Å². The minimum atomic E-state index is -0.502. The van der Waals surface area contributed by atoms with Crippen LogP contribution in [0.1, 0.15) is 30.1 Å². The van der Waals surface area contributed by atoms with Crippen LogP contribution >= 0.6 is 11.6 Å². The van der Waals surface area contributed by atoms with Crippen LogP contribution in [0.4, 0.5) is 8.78 Å². The summed E-state index contributed by atoms with van der Waals surface area (Å²) in [5, 5.41) is 3.68. The van der Waals surface area contributed by atoms with E-state index < -0.39 is 11.9 Å². The molecule has 0 spiro atoms. The maximum atomic E-state index is 13.7. The number of hydrogen-bond donors (Lipinski definition) is 1. The average Bonchev–Trinajstić information content (AvgIpc) is 2.85. The summed E-state index contributed by atoms with van der Waals surface area (Å²) in [7, 11) is 0. The predicted octanol–water partition coefficient (Wildman–Crippen LogP) is 5.01. The Hall–Kier alpha value is -3.03. The van der Waals surface area contributed by atoms with Crippen molar-refractivity contribution in [3.05, 3.63) is 94.8 Å². The number of likely N-dealkylation sites (tertiary alicyclic amines) is 1. The van der Waals surface area contributed by atoms with Gasteiger partial charge in [0, 0.05) is 17.5 Å². The highest BCUT2D eigenvalue weighted by Gasteiger charge is 2.28. The molecule has 8 heteroatoms. The van der Waals surface area contributed by atoms with Crippen molar-refractivity contribution in [3.8, 4) is 5.75 Å². The number of rotatable bonds is 8. The molecule has 0 radical (unpaired) electrons. The normalized spacial score (nSPS) is 15.6. The van der Waals surface area contributed by atoms with Crippen molar-refractivity contribution in [3.63, 3.8) is 0 Å². The lowest BCUT2D eigenvalue weighted by Crippen LogP contribution is -2.43. The molecule has 1 aliphatic rings. The van der Waals surface area contributed by atoms with E-state index in [4.69, 9.17) is 16.3 Å². The van der Waals surface area contributed by atoms with Gasteiger partial charge in [0.15, 0.2) is 11.6 Å². The van der Waals surface area contributed by atoms with Crippen LogP contribution in [0.15, 0.2) is 66.9 Å². The minimum absolute atomic E-state index is 0.0617. The van der Waals surface area contributed by atoms with Crippen LogP contribution in [-0.4, -0.2) is 42.0 Å². The second kappa shape index (κ2) is 11.4. The number of nitrogens with one attached hydrogen (secondary N) is 1. The second-order valence-corrected chi connectivity index (χ2v) is 8.73. The first-order valence-corrected chi connectivity index (χ1v) is 11.6.